The third-order valence-corrected chi connectivity index (χ3v) is 5.42. The zero-order chi connectivity index (χ0) is 20.5. The predicted octanol–water partition coefficient (Wildman–Crippen LogP) is 5.23. The molecular formula is C24H24N2O2S. The summed E-state index contributed by atoms with van der Waals surface area (Å²) in [5.74, 6) is 1.10. The van der Waals surface area contributed by atoms with E-state index in [9.17, 15) is 9.59 Å². The van der Waals surface area contributed by atoms with E-state index in [1.807, 2.05) is 91.9 Å². The Morgan fingerprint density at radius 3 is 2.10 bits per heavy atom. The molecule has 0 saturated heterocycles. The summed E-state index contributed by atoms with van der Waals surface area (Å²) in [5, 5.41) is 2.88. The smallest absolute Gasteiger partial charge is 0.255 e. The minimum absolute atomic E-state index is 0.0996. The zero-order valence-corrected chi connectivity index (χ0v) is 17.2. The standard InChI is InChI=1S/C24H24N2O2S/c1-2-26(22-11-7-4-8-12-22)23(27)18-29-17-19-13-15-20(16-14-19)24(28)25-21-9-5-3-6-10-21/h3-16H,2,17-18H2,1H3,(H,25,28). The van der Waals surface area contributed by atoms with Gasteiger partial charge in [-0.05, 0) is 48.9 Å². The van der Waals surface area contributed by atoms with Crippen LogP contribution in [0.15, 0.2) is 84.9 Å². The first-order valence-corrected chi connectivity index (χ1v) is 10.7. The monoisotopic (exact) mass is 404 g/mol. The molecule has 0 heterocycles. The van der Waals surface area contributed by atoms with Crippen LogP contribution in [0.1, 0.15) is 22.8 Å². The van der Waals surface area contributed by atoms with Gasteiger partial charge in [0, 0.05) is 29.2 Å². The van der Waals surface area contributed by atoms with Gasteiger partial charge in [0.1, 0.15) is 0 Å². The number of hydrogen-bond donors (Lipinski definition) is 1. The molecule has 3 aromatic carbocycles. The van der Waals surface area contributed by atoms with Gasteiger partial charge >= 0.3 is 0 Å². The van der Waals surface area contributed by atoms with Crippen LogP contribution in [0, 0.1) is 0 Å². The maximum absolute atomic E-state index is 12.5. The summed E-state index contributed by atoms with van der Waals surface area (Å²) in [6, 6.07) is 26.6. The third kappa shape index (κ3) is 5.96. The van der Waals surface area contributed by atoms with Crippen molar-refractivity contribution in [2.45, 2.75) is 12.7 Å². The molecule has 0 radical (unpaired) electrons. The second kappa shape index (κ2) is 10.5. The molecular weight excluding hydrogens is 380 g/mol. The van der Waals surface area contributed by atoms with Crippen LogP contribution in [0.2, 0.25) is 0 Å². The molecule has 0 atom stereocenters. The van der Waals surface area contributed by atoms with Crippen molar-refractivity contribution < 1.29 is 9.59 Å². The number of anilines is 2. The molecule has 0 spiro atoms. The van der Waals surface area contributed by atoms with E-state index in [1.54, 1.807) is 16.7 Å². The number of thioether (sulfide) groups is 1. The number of nitrogens with one attached hydrogen (secondary N) is 1. The lowest BCUT2D eigenvalue weighted by atomic mass is 10.1. The molecule has 0 aromatic heterocycles. The first-order valence-electron chi connectivity index (χ1n) is 9.56. The minimum atomic E-state index is -0.132. The Hall–Kier alpha value is -3.05. The van der Waals surface area contributed by atoms with Crippen molar-refractivity contribution in [2.24, 2.45) is 0 Å². The molecule has 2 amide bonds. The van der Waals surface area contributed by atoms with Gasteiger partial charge in [-0.3, -0.25) is 9.59 Å². The lowest BCUT2D eigenvalue weighted by Crippen LogP contribution is -2.32. The van der Waals surface area contributed by atoms with E-state index in [0.29, 0.717) is 17.9 Å². The molecule has 0 aliphatic carbocycles. The van der Waals surface area contributed by atoms with E-state index in [1.165, 1.54) is 0 Å². The molecule has 0 aliphatic rings. The Labute approximate surface area is 175 Å². The van der Waals surface area contributed by atoms with Crippen molar-refractivity contribution in [3.05, 3.63) is 96.1 Å². The van der Waals surface area contributed by atoms with Crippen molar-refractivity contribution in [3.63, 3.8) is 0 Å². The topological polar surface area (TPSA) is 49.4 Å². The fourth-order valence-corrected chi connectivity index (χ4v) is 3.78. The largest absolute Gasteiger partial charge is 0.322 e. The molecule has 0 bridgehead atoms. The number of benzene rings is 3. The molecule has 1 N–H and O–H groups in total. The maximum Gasteiger partial charge on any atom is 0.255 e. The fourth-order valence-electron chi connectivity index (χ4n) is 2.92. The van der Waals surface area contributed by atoms with E-state index in [2.05, 4.69) is 5.32 Å². The van der Waals surface area contributed by atoms with Crippen LogP contribution in [0.5, 0.6) is 0 Å². The van der Waals surface area contributed by atoms with Crippen LogP contribution in [-0.4, -0.2) is 24.1 Å². The van der Waals surface area contributed by atoms with Crippen molar-refractivity contribution in [2.75, 3.05) is 22.5 Å². The van der Waals surface area contributed by atoms with Gasteiger partial charge in [0.05, 0.1) is 5.75 Å². The number of para-hydroxylation sites is 2. The van der Waals surface area contributed by atoms with Crippen molar-refractivity contribution >= 4 is 35.0 Å². The van der Waals surface area contributed by atoms with E-state index < -0.39 is 0 Å². The molecule has 0 unspecified atom stereocenters. The number of carbonyl (C=O) groups excluding carboxylic acids is 2. The van der Waals surface area contributed by atoms with Gasteiger partial charge in [0.15, 0.2) is 0 Å². The van der Waals surface area contributed by atoms with E-state index in [-0.39, 0.29) is 11.8 Å². The van der Waals surface area contributed by atoms with Crippen LogP contribution < -0.4 is 10.2 Å². The summed E-state index contributed by atoms with van der Waals surface area (Å²) in [5.41, 5.74) is 3.39. The molecule has 0 saturated carbocycles. The lowest BCUT2D eigenvalue weighted by molar-refractivity contribution is -0.116. The Bertz CT molecular complexity index is 928. The van der Waals surface area contributed by atoms with Crippen LogP contribution in [-0.2, 0) is 10.5 Å². The van der Waals surface area contributed by atoms with Crippen LogP contribution >= 0.6 is 11.8 Å². The molecule has 148 valence electrons. The number of rotatable bonds is 8. The SMILES string of the molecule is CCN(C(=O)CSCc1ccc(C(=O)Nc2ccccc2)cc1)c1ccccc1. The molecule has 3 aromatic rings. The Balaban J connectivity index is 1.50. The summed E-state index contributed by atoms with van der Waals surface area (Å²) in [4.78, 5) is 26.6. The first-order chi connectivity index (χ1) is 14.2. The van der Waals surface area contributed by atoms with Crippen molar-refractivity contribution in [1.82, 2.24) is 0 Å². The minimum Gasteiger partial charge on any atom is -0.322 e. The average Bonchev–Trinajstić information content (AvgIpc) is 2.76. The summed E-state index contributed by atoms with van der Waals surface area (Å²) in [6.07, 6.45) is 0. The Morgan fingerprint density at radius 1 is 0.862 bits per heavy atom. The van der Waals surface area contributed by atoms with Crippen LogP contribution in [0.3, 0.4) is 0 Å². The highest BCUT2D eigenvalue weighted by Crippen LogP contribution is 2.18. The second-order valence-electron chi connectivity index (χ2n) is 6.48. The fraction of sp³-hybridized carbons (Fsp3) is 0.167. The molecule has 0 fully saturated rings. The number of carbonyl (C=O) groups is 2. The van der Waals surface area contributed by atoms with Crippen LogP contribution in [0.4, 0.5) is 11.4 Å². The van der Waals surface area contributed by atoms with Crippen molar-refractivity contribution in [3.8, 4) is 0 Å². The Morgan fingerprint density at radius 2 is 1.48 bits per heavy atom. The van der Waals surface area contributed by atoms with E-state index in [4.69, 9.17) is 0 Å². The normalized spacial score (nSPS) is 10.4. The Kier molecular flexibility index (Phi) is 7.47. The van der Waals surface area contributed by atoms with Crippen LogP contribution in [0.25, 0.3) is 0 Å². The lowest BCUT2D eigenvalue weighted by Gasteiger charge is -2.20. The van der Waals surface area contributed by atoms with Crippen molar-refractivity contribution in [1.29, 1.82) is 0 Å². The van der Waals surface area contributed by atoms with Gasteiger partial charge in [-0.1, -0.05) is 48.5 Å². The number of hydrogen-bond acceptors (Lipinski definition) is 3. The summed E-state index contributed by atoms with van der Waals surface area (Å²) in [7, 11) is 0. The molecule has 3 rings (SSSR count). The first kappa shape index (κ1) is 20.7. The highest BCUT2D eigenvalue weighted by Gasteiger charge is 2.13. The van der Waals surface area contributed by atoms with Gasteiger partial charge in [0.25, 0.3) is 5.91 Å². The molecule has 0 aliphatic heterocycles. The summed E-state index contributed by atoms with van der Waals surface area (Å²) in [6.45, 7) is 2.63. The zero-order valence-electron chi connectivity index (χ0n) is 16.4. The molecule has 5 heteroatoms. The van der Waals surface area contributed by atoms with E-state index in [0.717, 1.165) is 22.7 Å². The highest BCUT2D eigenvalue weighted by atomic mass is 32.2. The third-order valence-electron chi connectivity index (χ3n) is 4.43. The van der Waals surface area contributed by atoms with Gasteiger partial charge in [-0.15, -0.1) is 11.8 Å². The number of nitrogens with zero attached hydrogens (tertiary/aromatic N) is 1. The quantitative estimate of drug-likeness (QED) is 0.560. The average molecular weight is 405 g/mol. The van der Waals surface area contributed by atoms with Gasteiger partial charge in [-0.2, -0.15) is 0 Å². The summed E-state index contributed by atoms with van der Waals surface area (Å²) < 4.78 is 0. The predicted molar refractivity (Wildman–Crippen MR) is 121 cm³/mol. The second-order valence-corrected chi connectivity index (χ2v) is 7.47. The molecule has 4 nitrogen and oxygen atoms in total. The van der Waals surface area contributed by atoms with Gasteiger partial charge in [0.2, 0.25) is 5.91 Å². The van der Waals surface area contributed by atoms with Gasteiger partial charge in [-0.25, -0.2) is 0 Å². The number of amides is 2. The molecule has 29 heavy (non-hydrogen) atoms. The summed E-state index contributed by atoms with van der Waals surface area (Å²) >= 11 is 1.58. The highest BCUT2D eigenvalue weighted by molar-refractivity contribution is 7.99. The van der Waals surface area contributed by atoms with Gasteiger partial charge < -0.3 is 10.2 Å². The maximum atomic E-state index is 12.5. The van der Waals surface area contributed by atoms with E-state index >= 15 is 0 Å².